The number of benzene rings is 1. The lowest BCUT2D eigenvalue weighted by Gasteiger charge is -2.32. The molecular formula is C16H23ClN2O2. The maximum Gasteiger partial charge on any atom is 0.228 e. The summed E-state index contributed by atoms with van der Waals surface area (Å²) >= 11 is 0. The fraction of sp³-hybridized carbons (Fsp3) is 0.562. The number of nitrogens with two attached hydrogens (primary N) is 1. The van der Waals surface area contributed by atoms with Crippen LogP contribution in [0, 0.1) is 0 Å². The van der Waals surface area contributed by atoms with Gasteiger partial charge in [0.25, 0.3) is 0 Å². The zero-order chi connectivity index (χ0) is 14.0. The first-order valence-corrected chi connectivity index (χ1v) is 7.48. The van der Waals surface area contributed by atoms with Crippen molar-refractivity contribution in [2.45, 2.75) is 43.6 Å². The predicted octanol–water partition coefficient (Wildman–Crippen LogP) is 2.36. The van der Waals surface area contributed by atoms with E-state index in [9.17, 15) is 4.79 Å². The zero-order valence-electron chi connectivity index (χ0n) is 12.1. The Labute approximate surface area is 131 Å². The summed E-state index contributed by atoms with van der Waals surface area (Å²) in [6.45, 7) is 1.13. The van der Waals surface area contributed by atoms with Crippen LogP contribution in [0.2, 0.25) is 0 Å². The Hall–Kier alpha value is -1.26. The van der Waals surface area contributed by atoms with Crippen LogP contribution in [0.15, 0.2) is 24.3 Å². The average Bonchev–Trinajstić information content (AvgIpc) is 2.95. The number of halogens is 1. The van der Waals surface area contributed by atoms with Gasteiger partial charge in [0.1, 0.15) is 5.75 Å². The van der Waals surface area contributed by atoms with Crippen LogP contribution in [0.5, 0.6) is 5.75 Å². The second-order valence-electron chi connectivity index (χ2n) is 5.91. The first kappa shape index (κ1) is 16.1. The summed E-state index contributed by atoms with van der Waals surface area (Å²) in [4.78, 5) is 12.7. The summed E-state index contributed by atoms with van der Waals surface area (Å²) in [5, 5.41) is 3.23. The van der Waals surface area contributed by atoms with Crippen LogP contribution in [0.1, 0.15) is 43.6 Å². The average molecular weight is 311 g/mol. The van der Waals surface area contributed by atoms with Gasteiger partial charge in [0.15, 0.2) is 0 Å². The molecule has 4 nitrogen and oxygen atoms in total. The maximum atomic E-state index is 12.7. The lowest BCUT2D eigenvalue weighted by Crippen LogP contribution is -2.53. The molecule has 3 rings (SSSR count). The van der Waals surface area contributed by atoms with Gasteiger partial charge < -0.3 is 15.8 Å². The highest BCUT2D eigenvalue weighted by atomic mass is 35.5. The fourth-order valence-corrected chi connectivity index (χ4v) is 3.39. The van der Waals surface area contributed by atoms with Gasteiger partial charge in [0.05, 0.1) is 18.1 Å². The third kappa shape index (κ3) is 3.16. The van der Waals surface area contributed by atoms with Crippen LogP contribution >= 0.6 is 12.4 Å². The molecule has 1 aliphatic carbocycles. The van der Waals surface area contributed by atoms with Crippen molar-refractivity contribution in [3.8, 4) is 5.75 Å². The lowest BCUT2D eigenvalue weighted by atomic mass is 9.90. The predicted molar refractivity (Wildman–Crippen MR) is 84.9 cm³/mol. The van der Waals surface area contributed by atoms with Crippen molar-refractivity contribution in [3.05, 3.63) is 29.8 Å². The molecule has 0 bridgehead atoms. The smallest absolute Gasteiger partial charge is 0.228 e. The highest BCUT2D eigenvalue weighted by molar-refractivity contribution is 5.85. The van der Waals surface area contributed by atoms with E-state index in [-0.39, 0.29) is 29.8 Å². The molecule has 116 valence electrons. The van der Waals surface area contributed by atoms with Crippen LogP contribution in [0.3, 0.4) is 0 Å². The van der Waals surface area contributed by atoms with E-state index in [2.05, 4.69) is 5.32 Å². The number of nitrogens with one attached hydrogen (secondary N) is 1. The number of hydrogen-bond donors (Lipinski definition) is 2. The molecule has 1 heterocycles. The van der Waals surface area contributed by atoms with Gasteiger partial charge in [-0.15, -0.1) is 12.4 Å². The molecule has 1 aromatic carbocycles. The van der Waals surface area contributed by atoms with Crippen molar-refractivity contribution in [1.29, 1.82) is 0 Å². The molecule has 1 aliphatic heterocycles. The Morgan fingerprint density at radius 1 is 1.33 bits per heavy atom. The molecule has 5 heteroatoms. The van der Waals surface area contributed by atoms with Crippen molar-refractivity contribution < 1.29 is 9.53 Å². The number of ether oxygens (including phenoxy) is 1. The molecular weight excluding hydrogens is 288 g/mol. The van der Waals surface area contributed by atoms with E-state index in [1.54, 1.807) is 0 Å². The monoisotopic (exact) mass is 310 g/mol. The van der Waals surface area contributed by atoms with E-state index in [1.165, 1.54) is 0 Å². The third-order valence-electron chi connectivity index (χ3n) is 4.61. The van der Waals surface area contributed by atoms with Gasteiger partial charge in [0, 0.05) is 12.1 Å². The summed E-state index contributed by atoms with van der Waals surface area (Å²) in [6.07, 6.45) is 5.05. The number of carbonyl (C=O) groups is 1. The number of carbonyl (C=O) groups excluding carboxylic acids is 1. The normalized spacial score (nSPS) is 22.6. The zero-order valence-corrected chi connectivity index (χ0v) is 13.0. The van der Waals surface area contributed by atoms with Crippen LogP contribution in [0.25, 0.3) is 0 Å². The first-order chi connectivity index (χ1) is 9.74. The van der Waals surface area contributed by atoms with Crippen molar-refractivity contribution in [2.24, 2.45) is 5.73 Å². The summed E-state index contributed by atoms with van der Waals surface area (Å²) in [5.74, 6) is 0.837. The second-order valence-corrected chi connectivity index (χ2v) is 5.91. The second kappa shape index (κ2) is 6.67. The van der Waals surface area contributed by atoms with Crippen molar-refractivity contribution in [2.75, 3.05) is 13.2 Å². The van der Waals surface area contributed by atoms with Crippen molar-refractivity contribution in [3.63, 3.8) is 0 Å². The standard InChI is InChI=1S/C16H22N2O2.ClH/c17-11-16(8-3-4-9-16)18-15(19)13-7-10-20-14-6-2-1-5-12(13)14;/h1-2,5-6,13H,3-4,7-11,17H2,(H,18,19);1H. The van der Waals surface area contributed by atoms with Gasteiger partial charge >= 0.3 is 0 Å². The molecule has 0 spiro atoms. The van der Waals surface area contributed by atoms with Crippen LogP contribution in [-0.2, 0) is 4.79 Å². The molecule has 3 N–H and O–H groups in total. The Kier molecular flexibility index (Phi) is 5.12. The SMILES string of the molecule is Cl.NCC1(NC(=O)C2CCOc3ccccc32)CCCC1. The van der Waals surface area contributed by atoms with E-state index in [1.807, 2.05) is 24.3 Å². The molecule has 21 heavy (non-hydrogen) atoms. The van der Waals surface area contributed by atoms with Crippen molar-refractivity contribution >= 4 is 18.3 Å². The lowest BCUT2D eigenvalue weighted by molar-refractivity contribution is -0.125. The minimum atomic E-state index is -0.176. The van der Waals surface area contributed by atoms with E-state index in [4.69, 9.17) is 10.5 Å². The highest BCUT2D eigenvalue weighted by Gasteiger charge is 2.37. The minimum Gasteiger partial charge on any atom is -0.493 e. The molecule has 1 amide bonds. The number of para-hydroxylation sites is 1. The number of hydrogen-bond acceptors (Lipinski definition) is 3. The van der Waals surface area contributed by atoms with Gasteiger partial charge in [-0.1, -0.05) is 31.0 Å². The summed E-state index contributed by atoms with van der Waals surface area (Å²) < 4.78 is 5.62. The number of amides is 1. The first-order valence-electron chi connectivity index (χ1n) is 7.48. The Balaban J connectivity index is 0.00000161. The largest absolute Gasteiger partial charge is 0.493 e. The highest BCUT2D eigenvalue weighted by Crippen LogP contribution is 2.35. The number of rotatable bonds is 3. The molecule has 0 saturated heterocycles. The Morgan fingerprint density at radius 3 is 2.76 bits per heavy atom. The van der Waals surface area contributed by atoms with Gasteiger partial charge in [-0.25, -0.2) is 0 Å². The molecule has 1 fully saturated rings. The number of fused-ring (bicyclic) bond motifs is 1. The van der Waals surface area contributed by atoms with Gasteiger partial charge in [-0.2, -0.15) is 0 Å². The maximum absolute atomic E-state index is 12.7. The molecule has 0 radical (unpaired) electrons. The van der Waals surface area contributed by atoms with Crippen molar-refractivity contribution in [1.82, 2.24) is 5.32 Å². The van der Waals surface area contributed by atoms with Crippen LogP contribution in [0.4, 0.5) is 0 Å². The van der Waals surface area contributed by atoms with E-state index >= 15 is 0 Å². The summed E-state index contributed by atoms with van der Waals surface area (Å²) in [7, 11) is 0. The Morgan fingerprint density at radius 2 is 2.05 bits per heavy atom. The molecule has 1 atom stereocenters. The molecule has 0 aromatic heterocycles. The minimum absolute atomic E-state index is 0. The fourth-order valence-electron chi connectivity index (χ4n) is 3.39. The van der Waals surface area contributed by atoms with Gasteiger partial charge in [0.2, 0.25) is 5.91 Å². The molecule has 1 aromatic rings. The van der Waals surface area contributed by atoms with Crippen LogP contribution < -0.4 is 15.8 Å². The summed E-state index contributed by atoms with van der Waals surface area (Å²) in [5.41, 5.74) is 6.73. The van der Waals surface area contributed by atoms with E-state index in [0.717, 1.165) is 43.4 Å². The summed E-state index contributed by atoms with van der Waals surface area (Å²) in [6, 6.07) is 7.82. The van der Waals surface area contributed by atoms with E-state index < -0.39 is 0 Å². The van der Waals surface area contributed by atoms with Gasteiger partial charge in [-0.05, 0) is 25.3 Å². The Bertz CT molecular complexity index is 501. The molecule has 2 aliphatic rings. The van der Waals surface area contributed by atoms with E-state index in [0.29, 0.717) is 13.2 Å². The van der Waals surface area contributed by atoms with Gasteiger partial charge in [-0.3, -0.25) is 4.79 Å². The quantitative estimate of drug-likeness (QED) is 0.901. The van der Waals surface area contributed by atoms with Crippen LogP contribution in [-0.4, -0.2) is 24.6 Å². The topological polar surface area (TPSA) is 64.3 Å². The molecule has 1 saturated carbocycles. The third-order valence-corrected chi connectivity index (χ3v) is 4.61. The molecule has 1 unspecified atom stereocenters.